The van der Waals surface area contributed by atoms with Gasteiger partial charge in [0.15, 0.2) is 0 Å². The zero-order valence-electron chi connectivity index (χ0n) is 17.1. The van der Waals surface area contributed by atoms with Gasteiger partial charge in [-0.3, -0.25) is 9.36 Å². The minimum absolute atomic E-state index is 0.0169. The van der Waals surface area contributed by atoms with Crippen LogP contribution in [0.25, 0.3) is 16.7 Å². The van der Waals surface area contributed by atoms with E-state index >= 15 is 0 Å². The average Bonchev–Trinajstić information content (AvgIpc) is 3.18. The number of aromatic nitrogens is 2. The van der Waals surface area contributed by atoms with Crippen LogP contribution in [0.3, 0.4) is 0 Å². The summed E-state index contributed by atoms with van der Waals surface area (Å²) in [4.78, 5) is 16.0. The molecule has 5 nitrogen and oxygen atoms in total. The summed E-state index contributed by atoms with van der Waals surface area (Å²) in [6.45, 7) is -0.350. The van der Waals surface area contributed by atoms with Crippen molar-refractivity contribution in [1.82, 2.24) is 9.55 Å². The molecule has 0 bridgehead atoms. The van der Waals surface area contributed by atoms with Crippen LogP contribution in [-0.2, 0) is 19.0 Å². The molecule has 0 saturated heterocycles. The van der Waals surface area contributed by atoms with E-state index in [1.807, 2.05) is 0 Å². The number of fused-ring (bicyclic) bond motifs is 1. The molecule has 4 aromatic rings. The van der Waals surface area contributed by atoms with Gasteiger partial charge >= 0.3 is 12.4 Å². The Hall–Kier alpha value is -3.86. The van der Waals surface area contributed by atoms with Gasteiger partial charge in [0.1, 0.15) is 0 Å². The second-order valence-electron chi connectivity index (χ2n) is 7.33. The largest absolute Gasteiger partial charge is 0.450 e. The first-order chi connectivity index (χ1) is 16.0. The number of benzene rings is 3. The molecule has 0 unspecified atom stereocenters. The third-order valence-corrected chi connectivity index (χ3v) is 5.01. The molecule has 2 N–H and O–H groups in total. The molecule has 0 spiro atoms. The molecule has 3 aromatic carbocycles. The molecule has 0 radical (unpaired) electrons. The quantitative estimate of drug-likeness (QED) is 0.363. The predicted molar refractivity (Wildman–Crippen MR) is 111 cm³/mol. The standard InChI is InChI=1S/C23H15F6N3O2/c24-22(25,26)15-4-2-14(3-5-15)20(34)30-16-6-8-17(9-7-16)32-19-10-1-13(12-33)11-18(19)31-21(32)23(27,28)29/h1-11,33H,12H2,(H,30,34). The maximum Gasteiger partial charge on any atom is 0.450 e. The summed E-state index contributed by atoms with van der Waals surface area (Å²) in [7, 11) is 0. The molecular weight excluding hydrogens is 464 g/mol. The second kappa shape index (κ2) is 8.49. The minimum Gasteiger partial charge on any atom is -0.392 e. The first-order valence-electron chi connectivity index (χ1n) is 9.76. The predicted octanol–water partition coefficient (Wildman–Crippen LogP) is 5.81. The van der Waals surface area contributed by atoms with E-state index in [2.05, 4.69) is 10.3 Å². The van der Waals surface area contributed by atoms with Gasteiger partial charge in [-0.25, -0.2) is 4.98 Å². The molecule has 0 aliphatic heterocycles. The first-order valence-corrected chi connectivity index (χ1v) is 9.76. The van der Waals surface area contributed by atoms with Gasteiger partial charge in [-0.15, -0.1) is 0 Å². The molecule has 0 fully saturated rings. The van der Waals surface area contributed by atoms with Crippen LogP contribution in [0.15, 0.2) is 66.7 Å². The van der Waals surface area contributed by atoms with Gasteiger partial charge in [0.2, 0.25) is 5.82 Å². The molecule has 176 valence electrons. The van der Waals surface area contributed by atoms with Crippen molar-refractivity contribution in [3.05, 3.63) is 89.2 Å². The van der Waals surface area contributed by atoms with Gasteiger partial charge in [0.25, 0.3) is 5.91 Å². The molecule has 11 heteroatoms. The topological polar surface area (TPSA) is 67.2 Å². The summed E-state index contributed by atoms with van der Waals surface area (Å²) in [6, 6.07) is 13.3. The fourth-order valence-corrected chi connectivity index (χ4v) is 3.38. The molecule has 0 aliphatic carbocycles. The SMILES string of the molecule is O=C(Nc1ccc(-n2c(C(F)(F)F)nc3cc(CO)ccc32)cc1)c1ccc(C(F)(F)F)cc1. The number of carbonyl (C=O) groups is 1. The van der Waals surface area contributed by atoms with E-state index in [1.54, 1.807) is 0 Å². The lowest BCUT2D eigenvalue weighted by atomic mass is 10.1. The van der Waals surface area contributed by atoms with Crippen molar-refractivity contribution in [3.63, 3.8) is 0 Å². The third-order valence-electron chi connectivity index (χ3n) is 5.01. The van der Waals surface area contributed by atoms with E-state index in [4.69, 9.17) is 0 Å². The van der Waals surface area contributed by atoms with Gasteiger partial charge in [0.05, 0.1) is 23.2 Å². The van der Waals surface area contributed by atoms with Crippen molar-refractivity contribution in [2.75, 3.05) is 5.32 Å². The van der Waals surface area contributed by atoms with Gasteiger partial charge < -0.3 is 10.4 Å². The van der Waals surface area contributed by atoms with Crippen LogP contribution in [0.1, 0.15) is 27.3 Å². The molecule has 0 saturated carbocycles. The highest BCUT2D eigenvalue weighted by molar-refractivity contribution is 6.04. The van der Waals surface area contributed by atoms with Crippen molar-refractivity contribution in [2.24, 2.45) is 0 Å². The van der Waals surface area contributed by atoms with Crippen LogP contribution < -0.4 is 5.32 Å². The number of carbonyl (C=O) groups excluding carboxylic acids is 1. The van der Waals surface area contributed by atoms with Crippen LogP contribution in [0.4, 0.5) is 32.0 Å². The van der Waals surface area contributed by atoms with Crippen molar-refractivity contribution in [3.8, 4) is 5.69 Å². The van der Waals surface area contributed by atoms with Crippen LogP contribution in [0.5, 0.6) is 0 Å². The lowest BCUT2D eigenvalue weighted by Crippen LogP contribution is -2.14. The van der Waals surface area contributed by atoms with Crippen molar-refractivity contribution in [1.29, 1.82) is 0 Å². The Kier molecular flexibility index (Phi) is 5.82. The van der Waals surface area contributed by atoms with Gasteiger partial charge in [-0.05, 0) is 66.2 Å². The lowest BCUT2D eigenvalue weighted by Gasteiger charge is -2.13. The molecule has 1 heterocycles. The number of nitrogens with zero attached hydrogens (tertiary/aromatic N) is 2. The molecule has 0 atom stereocenters. The Bertz CT molecular complexity index is 1340. The fraction of sp³-hybridized carbons (Fsp3) is 0.130. The smallest absolute Gasteiger partial charge is 0.392 e. The van der Waals surface area contributed by atoms with Gasteiger partial charge in [0, 0.05) is 16.9 Å². The Morgan fingerprint density at radius 1 is 0.882 bits per heavy atom. The van der Waals surface area contributed by atoms with Gasteiger partial charge in [-0.1, -0.05) is 6.07 Å². The Morgan fingerprint density at radius 2 is 1.53 bits per heavy atom. The average molecular weight is 479 g/mol. The highest BCUT2D eigenvalue weighted by Crippen LogP contribution is 2.34. The van der Waals surface area contributed by atoms with E-state index in [-0.39, 0.29) is 34.6 Å². The van der Waals surface area contributed by atoms with E-state index in [1.165, 1.54) is 42.5 Å². The number of aliphatic hydroxyl groups is 1. The number of hydrogen-bond acceptors (Lipinski definition) is 3. The van der Waals surface area contributed by atoms with Crippen LogP contribution >= 0.6 is 0 Å². The van der Waals surface area contributed by atoms with E-state index < -0.39 is 29.6 Å². The van der Waals surface area contributed by atoms with E-state index in [0.717, 1.165) is 28.8 Å². The summed E-state index contributed by atoms with van der Waals surface area (Å²) in [5.41, 5.74) is 0.0781. The molecule has 1 amide bonds. The number of nitrogens with one attached hydrogen (secondary N) is 1. The van der Waals surface area contributed by atoms with Crippen molar-refractivity contribution >= 4 is 22.6 Å². The fourth-order valence-electron chi connectivity index (χ4n) is 3.38. The zero-order chi connectivity index (χ0) is 24.7. The minimum atomic E-state index is -4.76. The monoisotopic (exact) mass is 479 g/mol. The Labute approximate surface area is 188 Å². The number of anilines is 1. The summed E-state index contributed by atoms with van der Waals surface area (Å²) < 4.78 is 79.8. The van der Waals surface area contributed by atoms with Crippen LogP contribution in [0.2, 0.25) is 0 Å². The molecule has 1 aromatic heterocycles. The maximum absolute atomic E-state index is 13.6. The zero-order valence-corrected chi connectivity index (χ0v) is 17.1. The number of alkyl halides is 6. The summed E-state index contributed by atoms with van der Waals surface area (Å²) in [5, 5.41) is 11.7. The molecule has 0 aliphatic rings. The highest BCUT2D eigenvalue weighted by atomic mass is 19.4. The number of hydrogen-bond donors (Lipinski definition) is 2. The second-order valence-corrected chi connectivity index (χ2v) is 7.33. The molecule has 34 heavy (non-hydrogen) atoms. The van der Waals surface area contributed by atoms with E-state index in [9.17, 15) is 36.2 Å². The van der Waals surface area contributed by atoms with E-state index in [0.29, 0.717) is 5.56 Å². The number of rotatable bonds is 4. The third kappa shape index (κ3) is 4.60. The van der Waals surface area contributed by atoms with Crippen LogP contribution in [-0.4, -0.2) is 20.6 Å². The lowest BCUT2D eigenvalue weighted by molar-refractivity contribution is -0.145. The Balaban J connectivity index is 1.62. The Morgan fingerprint density at radius 3 is 2.09 bits per heavy atom. The number of aliphatic hydroxyl groups excluding tert-OH is 1. The molecular formula is C23H15F6N3O2. The van der Waals surface area contributed by atoms with Gasteiger partial charge in [-0.2, -0.15) is 26.3 Å². The number of amides is 1. The summed E-state index contributed by atoms with van der Waals surface area (Å²) in [6.07, 6.45) is -9.29. The first kappa shape index (κ1) is 23.3. The highest BCUT2D eigenvalue weighted by Gasteiger charge is 2.38. The maximum atomic E-state index is 13.6. The van der Waals surface area contributed by atoms with Crippen molar-refractivity contribution in [2.45, 2.75) is 19.0 Å². The molecule has 4 rings (SSSR count). The van der Waals surface area contributed by atoms with Crippen LogP contribution in [0, 0.1) is 0 Å². The summed E-state index contributed by atoms with van der Waals surface area (Å²) in [5.74, 6) is -1.83. The summed E-state index contributed by atoms with van der Waals surface area (Å²) >= 11 is 0. The normalized spacial score (nSPS) is 12.2. The number of halogens is 6. The van der Waals surface area contributed by atoms with Crippen molar-refractivity contribution < 1.29 is 36.2 Å². The number of imidazole rings is 1.